The maximum atomic E-state index is 12.9. The van der Waals surface area contributed by atoms with Gasteiger partial charge in [0, 0.05) is 46.0 Å². The van der Waals surface area contributed by atoms with Crippen molar-refractivity contribution in [2.45, 2.75) is 22.1 Å². The van der Waals surface area contributed by atoms with Gasteiger partial charge in [0.1, 0.15) is 17.1 Å². The molecule has 2 aliphatic heterocycles. The average molecular weight is 571 g/mol. The number of β-lactam (4-membered cyclic amide) rings is 1. The molecule has 3 heterocycles. The molecule has 0 spiro atoms. The summed E-state index contributed by atoms with van der Waals surface area (Å²) in [5.74, 6) is -1.71. The zero-order chi connectivity index (χ0) is 26.4. The van der Waals surface area contributed by atoms with Crippen LogP contribution in [0.5, 0.6) is 0 Å². The van der Waals surface area contributed by atoms with E-state index in [2.05, 4.69) is 32.7 Å². The number of thiocarbonyl (C=S) groups is 1. The summed E-state index contributed by atoms with van der Waals surface area (Å²) in [4.78, 5) is 47.7. The lowest BCUT2D eigenvalue weighted by Gasteiger charge is -2.49. The predicted octanol–water partition coefficient (Wildman–Crippen LogP) is -0.507. The molecule has 1 aromatic heterocycles. The minimum atomic E-state index is -1.26. The number of pyridine rings is 1. The molecule has 1 saturated heterocycles. The molecule has 1 fully saturated rings. The molecule has 0 aliphatic carbocycles. The van der Waals surface area contributed by atoms with Gasteiger partial charge < -0.3 is 32.8 Å². The topological polar surface area (TPSA) is 223 Å². The molecule has 0 bridgehead atoms. The highest BCUT2D eigenvalue weighted by molar-refractivity contribution is 8.06. The Morgan fingerprint density at radius 1 is 1.39 bits per heavy atom. The number of rotatable bonds is 10. The normalized spacial score (nSPS) is 20.0. The third kappa shape index (κ3) is 6.09. The number of nitrogens with zero attached hydrogens (tertiary/aromatic N) is 4. The Labute approximate surface area is 223 Å². The van der Waals surface area contributed by atoms with Crippen molar-refractivity contribution in [1.82, 2.24) is 15.2 Å². The SMILES string of the molecule is NCCSCc1cnccc1SC1=C(C(=O)O)N2C(=O)[C@@H](NC(=O)C(=N\O)/C(N)=N/C(N)=S)[C@H]2SC1. The number of amides is 2. The molecule has 192 valence electrons. The molecule has 0 saturated carbocycles. The van der Waals surface area contributed by atoms with Crippen LogP contribution in [0.2, 0.25) is 0 Å². The molecular formula is C19H22N8O5S4. The fourth-order valence-electron chi connectivity index (χ4n) is 3.28. The number of aliphatic carboxylic acids is 1. The lowest BCUT2D eigenvalue weighted by Crippen LogP contribution is -2.71. The van der Waals surface area contributed by atoms with Gasteiger partial charge in [-0.25, -0.2) is 9.79 Å². The third-order valence-corrected chi connectivity index (χ3v) is 8.62. The molecule has 0 aromatic carbocycles. The van der Waals surface area contributed by atoms with Crippen molar-refractivity contribution < 1.29 is 24.7 Å². The van der Waals surface area contributed by atoms with Gasteiger partial charge in [0.05, 0.1) is 0 Å². The molecule has 2 atom stereocenters. The van der Waals surface area contributed by atoms with Gasteiger partial charge in [0.25, 0.3) is 11.8 Å². The van der Waals surface area contributed by atoms with Crippen molar-refractivity contribution in [1.29, 1.82) is 0 Å². The van der Waals surface area contributed by atoms with Gasteiger partial charge in [-0.2, -0.15) is 11.8 Å². The molecule has 0 unspecified atom stereocenters. The van der Waals surface area contributed by atoms with Crippen molar-refractivity contribution in [3.05, 3.63) is 34.6 Å². The molecular weight excluding hydrogens is 549 g/mol. The van der Waals surface area contributed by atoms with Crippen LogP contribution in [-0.2, 0) is 20.1 Å². The number of carboxylic acid groups (broad SMARTS) is 1. The van der Waals surface area contributed by atoms with Gasteiger partial charge in [0.2, 0.25) is 5.71 Å². The lowest BCUT2D eigenvalue weighted by atomic mass is 10.0. The third-order valence-electron chi connectivity index (χ3n) is 4.82. The summed E-state index contributed by atoms with van der Waals surface area (Å²) in [7, 11) is 0. The number of amidine groups is 1. The highest BCUT2D eigenvalue weighted by atomic mass is 32.2. The van der Waals surface area contributed by atoms with E-state index in [1.807, 2.05) is 0 Å². The predicted molar refractivity (Wildman–Crippen MR) is 143 cm³/mol. The second-order valence-corrected chi connectivity index (χ2v) is 10.9. The summed E-state index contributed by atoms with van der Waals surface area (Å²) in [6, 6.07) is 0.726. The van der Waals surface area contributed by atoms with Crippen LogP contribution < -0.4 is 22.5 Å². The number of oxime groups is 1. The van der Waals surface area contributed by atoms with E-state index in [0.717, 1.165) is 21.1 Å². The smallest absolute Gasteiger partial charge is 0.353 e. The van der Waals surface area contributed by atoms with Crippen molar-refractivity contribution in [2.75, 3.05) is 18.1 Å². The second-order valence-electron chi connectivity index (χ2n) is 7.15. The summed E-state index contributed by atoms with van der Waals surface area (Å²) in [5.41, 5.74) is 16.5. The monoisotopic (exact) mass is 570 g/mol. The zero-order valence-electron chi connectivity index (χ0n) is 18.5. The number of fused-ring (bicyclic) bond motifs is 1. The maximum Gasteiger partial charge on any atom is 0.353 e. The Kier molecular flexibility index (Phi) is 9.55. The van der Waals surface area contributed by atoms with Gasteiger partial charge >= 0.3 is 5.97 Å². The van der Waals surface area contributed by atoms with E-state index in [-0.39, 0.29) is 16.6 Å². The lowest BCUT2D eigenvalue weighted by molar-refractivity contribution is -0.150. The van der Waals surface area contributed by atoms with Crippen LogP contribution in [0.3, 0.4) is 0 Å². The van der Waals surface area contributed by atoms with Gasteiger partial charge in [-0.15, -0.1) is 11.8 Å². The van der Waals surface area contributed by atoms with Gasteiger partial charge in [-0.1, -0.05) is 16.9 Å². The number of hydrogen-bond acceptors (Lipinski definition) is 11. The fraction of sp³-hybridized carbons (Fsp3) is 0.316. The summed E-state index contributed by atoms with van der Waals surface area (Å²) < 4.78 is 0. The van der Waals surface area contributed by atoms with Crippen LogP contribution in [-0.4, -0.2) is 84.1 Å². The number of hydrogen-bond donors (Lipinski definition) is 6. The number of carbonyl (C=O) groups excluding carboxylic acids is 2. The molecule has 2 amide bonds. The summed E-state index contributed by atoms with van der Waals surface area (Å²) in [6.07, 6.45) is 3.34. The molecule has 0 radical (unpaired) electrons. The van der Waals surface area contributed by atoms with Gasteiger partial charge in [-0.05, 0) is 23.8 Å². The average Bonchev–Trinajstić information content (AvgIpc) is 2.83. The number of carboxylic acids is 1. The van der Waals surface area contributed by atoms with Crippen LogP contribution in [0.25, 0.3) is 0 Å². The van der Waals surface area contributed by atoms with E-state index in [0.29, 0.717) is 17.2 Å². The molecule has 2 aliphatic rings. The van der Waals surface area contributed by atoms with E-state index in [1.165, 1.54) is 23.5 Å². The molecule has 36 heavy (non-hydrogen) atoms. The van der Waals surface area contributed by atoms with Gasteiger partial charge in [0.15, 0.2) is 10.9 Å². The zero-order valence-corrected chi connectivity index (χ0v) is 21.8. The van der Waals surface area contributed by atoms with Crippen LogP contribution in [0, 0.1) is 0 Å². The molecule has 13 nitrogen and oxygen atoms in total. The Morgan fingerprint density at radius 3 is 2.78 bits per heavy atom. The number of aliphatic imine (C=N–C) groups is 1. The number of carbonyl (C=O) groups is 3. The van der Waals surface area contributed by atoms with Crippen LogP contribution in [0.4, 0.5) is 0 Å². The van der Waals surface area contributed by atoms with Crippen molar-refractivity contribution in [3.63, 3.8) is 0 Å². The second kappa shape index (κ2) is 12.4. The van der Waals surface area contributed by atoms with Crippen molar-refractivity contribution in [3.8, 4) is 0 Å². The molecule has 9 N–H and O–H groups in total. The van der Waals surface area contributed by atoms with Crippen molar-refractivity contribution in [2.24, 2.45) is 27.3 Å². The van der Waals surface area contributed by atoms with E-state index in [1.54, 1.807) is 30.2 Å². The quantitative estimate of drug-likeness (QED) is 0.0397. The number of nitrogens with one attached hydrogen (secondary N) is 1. The van der Waals surface area contributed by atoms with E-state index < -0.39 is 40.7 Å². The highest BCUT2D eigenvalue weighted by Gasteiger charge is 2.54. The summed E-state index contributed by atoms with van der Waals surface area (Å²) in [6.45, 7) is 0.542. The first-order valence-corrected chi connectivity index (χ1v) is 13.6. The molecule has 3 rings (SSSR count). The first kappa shape index (κ1) is 27.7. The minimum absolute atomic E-state index is 0.151. The number of thioether (sulfide) groups is 3. The Balaban J connectivity index is 1.79. The largest absolute Gasteiger partial charge is 0.477 e. The molecule has 1 aromatic rings. The standard InChI is InChI=1S/C19H22N8O5S4/c20-2-4-34-6-8-5-23-3-1-9(8)36-10-7-35-17-12(16(29)27(17)13(10)18(30)31)24-15(28)11(26-32)14(21)25-19(22)33/h1,3,5,12,17,32H,2,4,6-7,20H2,(H,24,28)(H,30,31)(H4,21,22,25,33)/b26-11-/t12-,17-/m1/s1. The van der Waals surface area contributed by atoms with Crippen LogP contribution in [0.15, 0.2) is 44.1 Å². The van der Waals surface area contributed by atoms with Gasteiger partial charge in [-0.3, -0.25) is 19.5 Å². The number of nitrogens with two attached hydrogens (primary N) is 3. The summed E-state index contributed by atoms with van der Waals surface area (Å²) >= 11 is 8.77. The van der Waals surface area contributed by atoms with E-state index >= 15 is 0 Å². The maximum absolute atomic E-state index is 12.9. The Morgan fingerprint density at radius 2 is 2.14 bits per heavy atom. The van der Waals surface area contributed by atoms with E-state index in [4.69, 9.17) is 22.4 Å². The van der Waals surface area contributed by atoms with E-state index in [9.17, 15) is 19.5 Å². The van der Waals surface area contributed by atoms with Crippen molar-refractivity contribution >= 4 is 81.9 Å². The Hall–Kier alpha value is -2.86. The Bertz CT molecular complexity index is 1170. The molecule has 17 heteroatoms. The number of aromatic nitrogens is 1. The minimum Gasteiger partial charge on any atom is -0.477 e. The van der Waals surface area contributed by atoms with Crippen LogP contribution >= 0.6 is 47.5 Å². The first-order chi connectivity index (χ1) is 17.2. The fourth-order valence-corrected chi connectivity index (χ4v) is 6.80. The summed E-state index contributed by atoms with van der Waals surface area (Å²) in [5, 5.41) is 23.2. The first-order valence-electron chi connectivity index (χ1n) is 10.2. The van der Waals surface area contributed by atoms with Crippen LogP contribution in [0.1, 0.15) is 5.56 Å². The highest BCUT2D eigenvalue weighted by Crippen LogP contribution is 2.45.